The average molecular weight is 307 g/mol. The Hall–Kier alpha value is -1.65. The van der Waals surface area contributed by atoms with Crippen molar-refractivity contribution in [2.45, 2.75) is 56.4 Å². The maximum absolute atomic E-state index is 13.9. The molecule has 0 radical (unpaired) electrons. The van der Waals surface area contributed by atoms with Gasteiger partial charge in [0, 0.05) is 17.5 Å². The number of hydrogen-bond donors (Lipinski definition) is 2. The van der Waals surface area contributed by atoms with Crippen LogP contribution in [-0.4, -0.2) is 18.5 Å². The van der Waals surface area contributed by atoms with Crippen LogP contribution in [0, 0.1) is 11.6 Å². The Morgan fingerprint density at radius 2 is 1.95 bits per heavy atom. The maximum Gasteiger partial charge on any atom is 0.188 e. The Balaban J connectivity index is 1.63. The first-order chi connectivity index (χ1) is 10.6. The van der Waals surface area contributed by atoms with E-state index in [1.807, 2.05) is 0 Å². The van der Waals surface area contributed by atoms with Gasteiger partial charge >= 0.3 is 0 Å². The van der Waals surface area contributed by atoms with Crippen LogP contribution in [0.3, 0.4) is 0 Å². The first-order valence-corrected chi connectivity index (χ1v) is 8.11. The van der Waals surface area contributed by atoms with Gasteiger partial charge in [0.15, 0.2) is 5.96 Å². The molecule has 2 aliphatic rings. The Labute approximate surface area is 130 Å². The van der Waals surface area contributed by atoms with Crippen LogP contribution in [0.25, 0.3) is 0 Å². The third-order valence-corrected chi connectivity index (χ3v) is 4.87. The molecule has 0 saturated heterocycles. The van der Waals surface area contributed by atoms with Gasteiger partial charge in [-0.25, -0.2) is 8.78 Å². The molecule has 2 aliphatic carbocycles. The van der Waals surface area contributed by atoms with E-state index in [-0.39, 0.29) is 5.41 Å². The molecule has 2 saturated carbocycles. The third kappa shape index (κ3) is 3.39. The summed E-state index contributed by atoms with van der Waals surface area (Å²) >= 11 is 0. The molecule has 0 amide bonds. The summed E-state index contributed by atoms with van der Waals surface area (Å²) in [7, 11) is 0. The molecule has 2 fully saturated rings. The first-order valence-electron chi connectivity index (χ1n) is 8.11. The van der Waals surface area contributed by atoms with Crippen molar-refractivity contribution in [1.29, 1.82) is 0 Å². The maximum atomic E-state index is 13.9. The number of guanidine groups is 1. The van der Waals surface area contributed by atoms with Crippen LogP contribution in [0.5, 0.6) is 0 Å². The van der Waals surface area contributed by atoms with Crippen LogP contribution < -0.4 is 11.1 Å². The lowest BCUT2D eigenvalue weighted by Crippen LogP contribution is -2.41. The van der Waals surface area contributed by atoms with Gasteiger partial charge in [-0.3, -0.25) is 4.99 Å². The number of nitrogens with zero attached hydrogens (tertiary/aromatic N) is 1. The van der Waals surface area contributed by atoms with E-state index in [0.29, 0.717) is 24.1 Å². The highest BCUT2D eigenvalue weighted by molar-refractivity contribution is 5.78. The van der Waals surface area contributed by atoms with E-state index in [1.165, 1.54) is 31.4 Å². The van der Waals surface area contributed by atoms with Crippen molar-refractivity contribution in [2.24, 2.45) is 10.7 Å². The van der Waals surface area contributed by atoms with Gasteiger partial charge in [0.25, 0.3) is 0 Å². The normalized spacial score (nSPS) is 21.6. The fraction of sp³-hybridized carbons (Fsp3) is 0.588. The van der Waals surface area contributed by atoms with Gasteiger partial charge in [0.1, 0.15) is 11.6 Å². The highest BCUT2D eigenvalue weighted by Crippen LogP contribution is 2.49. The van der Waals surface area contributed by atoms with E-state index in [1.54, 1.807) is 0 Å². The number of benzene rings is 1. The second-order valence-corrected chi connectivity index (χ2v) is 6.59. The molecular weight excluding hydrogens is 284 g/mol. The van der Waals surface area contributed by atoms with Crippen LogP contribution in [0.1, 0.15) is 50.5 Å². The number of nitrogens with one attached hydrogen (secondary N) is 1. The van der Waals surface area contributed by atoms with Crippen LogP contribution in [0.4, 0.5) is 8.78 Å². The van der Waals surface area contributed by atoms with Crippen molar-refractivity contribution in [3.8, 4) is 0 Å². The molecular formula is C17H23F2N3. The lowest BCUT2D eigenvalue weighted by molar-refractivity contribution is 0.412. The smallest absolute Gasteiger partial charge is 0.188 e. The van der Waals surface area contributed by atoms with Crippen molar-refractivity contribution in [1.82, 2.24) is 5.32 Å². The number of rotatable bonds is 4. The van der Waals surface area contributed by atoms with Gasteiger partial charge in [0.2, 0.25) is 0 Å². The summed E-state index contributed by atoms with van der Waals surface area (Å²) in [5, 5.41) is 3.27. The van der Waals surface area contributed by atoms with Crippen LogP contribution in [0.2, 0.25) is 0 Å². The summed E-state index contributed by atoms with van der Waals surface area (Å²) in [6.07, 6.45) is 7.76. The lowest BCUT2D eigenvalue weighted by atomic mass is 9.95. The molecule has 3 N–H and O–H groups in total. The first kappa shape index (κ1) is 15.3. The summed E-state index contributed by atoms with van der Waals surface area (Å²) in [4.78, 5) is 4.42. The highest BCUT2D eigenvalue weighted by Gasteiger charge is 2.46. The minimum absolute atomic E-state index is 0.295. The zero-order valence-electron chi connectivity index (χ0n) is 12.7. The molecule has 1 aromatic rings. The topological polar surface area (TPSA) is 50.4 Å². The summed E-state index contributed by atoms with van der Waals surface area (Å²) in [5.74, 6) is -0.578. The molecule has 3 nitrogen and oxygen atoms in total. The second kappa shape index (κ2) is 6.23. The Morgan fingerprint density at radius 3 is 2.59 bits per heavy atom. The fourth-order valence-corrected chi connectivity index (χ4v) is 3.32. The summed E-state index contributed by atoms with van der Waals surface area (Å²) in [6, 6.07) is 4.21. The predicted molar refractivity (Wildman–Crippen MR) is 83.8 cm³/mol. The minimum atomic E-state index is -0.543. The minimum Gasteiger partial charge on any atom is -0.370 e. The largest absolute Gasteiger partial charge is 0.370 e. The van der Waals surface area contributed by atoms with E-state index in [9.17, 15) is 8.78 Å². The monoisotopic (exact) mass is 307 g/mol. The predicted octanol–water partition coefficient (Wildman–Crippen LogP) is 3.23. The van der Waals surface area contributed by atoms with Crippen molar-refractivity contribution in [3.05, 3.63) is 35.4 Å². The van der Waals surface area contributed by atoms with Crippen molar-refractivity contribution in [2.75, 3.05) is 6.54 Å². The Kier molecular flexibility index (Phi) is 4.32. The van der Waals surface area contributed by atoms with E-state index in [4.69, 9.17) is 5.73 Å². The summed E-state index contributed by atoms with van der Waals surface area (Å²) < 4.78 is 27.0. The molecule has 0 aromatic heterocycles. The zero-order valence-corrected chi connectivity index (χ0v) is 12.7. The van der Waals surface area contributed by atoms with Gasteiger partial charge in [0.05, 0.1) is 6.54 Å². The number of aliphatic imine (C=N–C) groups is 1. The van der Waals surface area contributed by atoms with Gasteiger partial charge in [-0.15, -0.1) is 0 Å². The zero-order chi connectivity index (χ0) is 15.6. The standard InChI is InChI=1S/C17H23F2N3/c18-12-6-7-14(15(19)10-12)17(8-9-17)11-21-16(20)22-13-4-2-1-3-5-13/h6-7,10,13H,1-5,8-9,11H2,(H3,20,21,22). The molecule has 0 aliphatic heterocycles. The van der Waals surface area contributed by atoms with Gasteiger partial charge < -0.3 is 11.1 Å². The third-order valence-electron chi connectivity index (χ3n) is 4.87. The molecule has 0 bridgehead atoms. The van der Waals surface area contributed by atoms with Crippen LogP contribution in [-0.2, 0) is 5.41 Å². The van der Waals surface area contributed by atoms with Crippen LogP contribution >= 0.6 is 0 Å². The highest BCUT2D eigenvalue weighted by atomic mass is 19.1. The molecule has 22 heavy (non-hydrogen) atoms. The second-order valence-electron chi connectivity index (χ2n) is 6.59. The van der Waals surface area contributed by atoms with Gasteiger partial charge in [-0.2, -0.15) is 0 Å². The Morgan fingerprint density at radius 1 is 1.23 bits per heavy atom. The fourth-order valence-electron chi connectivity index (χ4n) is 3.32. The van der Waals surface area contributed by atoms with E-state index >= 15 is 0 Å². The molecule has 0 heterocycles. The number of hydrogen-bond acceptors (Lipinski definition) is 1. The molecule has 3 rings (SSSR count). The lowest BCUT2D eigenvalue weighted by Gasteiger charge is -2.23. The van der Waals surface area contributed by atoms with Gasteiger partial charge in [-0.1, -0.05) is 25.3 Å². The van der Waals surface area contributed by atoms with E-state index in [2.05, 4.69) is 10.3 Å². The van der Waals surface area contributed by atoms with Crippen molar-refractivity contribution < 1.29 is 8.78 Å². The molecule has 0 spiro atoms. The summed E-state index contributed by atoms with van der Waals surface area (Å²) in [5.41, 5.74) is 6.23. The van der Waals surface area contributed by atoms with Crippen LogP contribution in [0.15, 0.2) is 23.2 Å². The average Bonchev–Trinajstić information content (AvgIpc) is 3.27. The van der Waals surface area contributed by atoms with E-state index in [0.717, 1.165) is 31.7 Å². The molecule has 0 unspecified atom stereocenters. The molecule has 120 valence electrons. The quantitative estimate of drug-likeness (QED) is 0.663. The SMILES string of the molecule is NC(=NCC1(c2ccc(F)cc2F)CC1)NC1CCCCC1. The van der Waals surface area contributed by atoms with Crippen molar-refractivity contribution in [3.63, 3.8) is 0 Å². The summed E-state index contributed by atoms with van der Waals surface area (Å²) in [6.45, 7) is 0.459. The van der Waals surface area contributed by atoms with E-state index < -0.39 is 11.6 Å². The van der Waals surface area contributed by atoms with Gasteiger partial charge in [-0.05, 0) is 37.3 Å². The Bertz CT molecular complexity index is 561. The number of nitrogens with two attached hydrogens (primary N) is 1. The van der Waals surface area contributed by atoms with Crippen molar-refractivity contribution >= 4 is 5.96 Å². The molecule has 5 heteroatoms. The number of halogens is 2. The molecule has 0 atom stereocenters. The molecule has 1 aromatic carbocycles.